The Kier molecular flexibility index (Phi) is 6.84. The van der Waals surface area contributed by atoms with Crippen molar-refractivity contribution in [3.05, 3.63) is 53.6 Å². The SMILES string of the molecule is COc1cccc(/C=N\NC(=O)C(=O)NC2CCCC2)c1Nc1ccccc1C. The lowest BCUT2D eigenvalue weighted by molar-refractivity contribution is -0.139. The molecule has 3 N–H and O–H groups in total. The maximum absolute atomic E-state index is 12.0. The van der Waals surface area contributed by atoms with Crippen LogP contribution in [-0.4, -0.2) is 31.2 Å². The van der Waals surface area contributed by atoms with Crippen molar-refractivity contribution in [2.24, 2.45) is 5.10 Å². The Morgan fingerprint density at radius 2 is 1.83 bits per heavy atom. The van der Waals surface area contributed by atoms with Crippen LogP contribution in [0.4, 0.5) is 11.4 Å². The highest BCUT2D eigenvalue weighted by Gasteiger charge is 2.21. The number of hydrogen-bond acceptors (Lipinski definition) is 5. The van der Waals surface area contributed by atoms with Crippen LogP contribution in [0.25, 0.3) is 0 Å². The molecule has 29 heavy (non-hydrogen) atoms. The Hall–Kier alpha value is -3.35. The van der Waals surface area contributed by atoms with E-state index in [1.165, 1.54) is 6.21 Å². The number of ether oxygens (including phenoxy) is 1. The maximum Gasteiger partial charge on any atom is 0.329 e. The Morgan fingerprint density at radius 3 is 2.55 bits per heavy atom. The van der Waals surface area contributed by atoms with Crippen LogP contribution >= 0.6 is 0 Å². The Labute approximate surface area is 170 Å². The average molecular weight is 394 g/mol. The predicted octanol–water partition coefficient (Wildman–Crippen LogP) is 3.26. The number of benzene rings is 2. The Bertz CT molecular complexity index is 905. The summed E-state index contributed by atoms with van der Waals surface area (Å²) in [7, 11) is 1.59. The minimum absolute atomic E-state index is 0.0838. The molecule has 0 aromatic heterocycles. The Balaban J connectivity index is 1.70. The number of para-hydroxylation sites is 2. The number of methoxy groups -OCH3 is 1. The number of nitrogens with one attached hydrogen (secondary N) is 3. The van der Waals surface area contributed by atoms with Crippen molar-refractivity contribution < 1.29 is 14.3 Å². The molecule has 0 unspecified atom stereocenters. The van der Waals surface area contributed by atoms with Gasteiger partial charge in [0.15, 0.2) is 0 Å². The molecule has 1 aliphatic carbocycles. The summed E-state index contributed by atoms with van der Waals surface area (Å²) in [5.41, 5.74) is 5.75. The molecule has 7 heteroatoms. The smallest absolute Gasteiger partial charge is 0.329 e. The number of amides is 2. The molecule has 0 spiro atoms. The number of nitrogens with zero attached hydrogens (tertiary/aromatic N) is 1. The molecular formula is C22H26N4O3. The van der Waals surface area contributed by atoms with E-state index < -0.39 is 11.8 Å². The van der Waals surface area contributed by atoms with Gasteiger partial charge in [0.05, 0.1) is 19.0 Å². The predicted molar refractivity (Wildman–Crippen MR) is 114 cm³/mol. The van der Waals surface area contributed by atoms with Gasteiger partial charge in [-0.1, -0.05) is 43.2 Å². The van der Waals surface area contributed by atoms with Crippen LogP contribution in [0.1, 0.15) is 36.8 Å². The topological polar surface area (TPSA) is 91.8 Å². The highest BCUT2D eigenvalue weighted by Crippen LogP contribution is 2.31. The fraction of sp³-hybridized carbons (Fsp3) is 0.318. The zero-order valence-corrected chi connectivity index (χ0v) is 16.7. The van der Waals surface area contributed by atoms with Crippen LogP contribution in [0.3, 0.4) is 0 Å². The molecule has 0 radical (unpaired) electrons. The Morgan fingerprint density at radius 1 is 1.07 bits per heavy atom. The van der Waals surface area contributed by atoms with Gasteiger partial charge >= 0.3 is 11.8 Å². The fourth-order valence-corrected chi connectivity index (χ4v) is 3.34. The molecule has 1 fully saturated rings. The highest BCUT2D eigenvalue weighted by molar-refractivity contribution is 6.35. The lowest BCUT2D eigenvalue weighted by Gasteiger charge is -2.15. The van der Waals surface area contributed by atoms with Crippen LogP contribution in [-0.2, 0) is 9.59 Å². The molecule has 1 aliphatic rings. The monoisotopic (exact) mass is 394 g/mol. The van der Waals surface area contributed by atoms with Gasteiger partial charge in [-0.2, -0.15) is 5.10 Å². The quantitative estimate of drug-likeness (QED) is 0.398. The average Bonchev–Trinajstić information content (AvgIpc) is 3.23. The number of rotatable bonds is 6. The third kappa shape index (κ3) is 5.34. The zero-order valence-electron chi connectivity index (χ0n) is 16.7. The van der Waals surface area contributed by atoms with Gasteiger partial charge in [0.2, 0.25) is 0 Å². The van der Waals surface area contributed by atoms with Crippen molar-refractivity contribution in [3.63, 3.8) is 0 Å². The van der Waals surface area contributed by atoms with E-state index in [2.05, 4.69) is 21.2 Å². The van der Waals surface area contributed by atoms with Gasteiger partial charge in [-0.15, -0.1) is 0 Å². The summed E-state index contributed by atoms with van der Waals surface area (Å²) in [6.07, 6.45) is 5.48. The fourth-order valence-electron chi connectivity index (χ4n) is 3.34. The van der Waals surface area contributed by atoms with Crippen LogP contribution < -0.4 is 20.8 Å². The van der Waals surface area contributed by atoms with Crippen LogP contribution in [0.2, 0.25) is 0 Å². The molecule has 1 saturated carbocycles. The molecule has 0 atom stereocenters. The van der Waals surface area contributed by atoms with E-state index in [1.807, 2.05) is 49.4 Å². The number of hydrogen-bond donors (Lipinski definition) is 3. The van der Waals surface area contributed by atoms with Gasteiger partial charge in [0.1, 0.15) is 5.75 Å². The van der Waals surface area contributed by atoms with E-state index in [-0.39, 0.29) is 6.04 Å². The van der Waals surface area contributed by atoms with E-state index in [0.29, 0.717) is 11.3 Å². The lowest BCUT2D eigenvalue weighted by atomic mass is 10.1. The maximum atomic E-state index is 12.0. The first kappa shape index (κ1) is 20.4. The molecule has 2 amide bonds. The molecule has 152 valence electrons. The van der Waals surface area contributed by atoms with Crippen molar-refractivity contribution in [1.29, 1.82) is 0 Å². The second kappa shape index (κ2) is 9.73. The third-order valence-corrected chi connectivity index (χ3v) is 4.95. The minimum Gasteiger partial charge on any atom is -0.495 e. The molecule has 0 heterocycles. The molecule has 7 nitrogen and oxygen atoms in total. The van der Waals surface area contributed by atoms with Gasteiger partial charge in [0, 0.05) is 17.3 Å². The molecule has 0 aliphatic heterocycles. The largest absolute Gasteiger partial charge is 0.495 e. The first-order valence-electron chi connectivity index (χ1n) is 9.72. The number of anilines is 2. The summed E-state index contributed by atoms with van der Waals surface area (Å²) in [4.78, 5) is 23.9. The first-order chi connectivity index (χ1) is 14.1. The highest BCUT2D eigenvalue weighted by atomic mass is 16.5. The van der Waals surface area contributed by atoms with Gasteiger partial charge < -0.3 is 15.4 Å². The van der Waals surface area contributed by atoms with Crippen LogP contribution in [0, 0.1) is 6.92 Å². The minimum atomic E-state index is -0.774. The van der Waals surface area contributed by atoms with Crippen molar-refractivity contribution in [2.45, 2.75) is 38.6 Å². The molecule has 2 aromatic carbocycles. The summed E-state index contributed by atoms with van der Waals surface area (Å²) in [5, 5.41) is 10.1. The van der Waals surface area contributed by atoms with Crippen molar-refractivity contribution >= 4 is 29.4 Å². The standard InChI is InChI=1S/C22H26N4O3/c1-15-8-3-6-12-18(15)25-20-16(9-7-13-19(20)29-2)14-23-26-22(28)21(27)24-17-10-4-5-11-17/h3,6-9,12-14,17,25H,4-5,10-11H2,1-2H3,(H,24,27)(H,26,28)/b23-14-. The summed E-state index contributed by atoms with van der Waals surface area (Å²) >= 11 is 0. The molecule has 0 bridgehead atoms. The number of hydrazone groups is 1. The summed E-state index contributed by atoms with van der Waals surface area (Å²) < 4.78 is 5.46. The number of carbonyl (C=O) groups excluding carboxylic acids is 2. The molecular weight excluding hydrogens is 368 g/mol. The van der Waals surface area contributed by atoms with E-state index in [1.54, 1.807) is 7.11 Å². The molecule has 0 saturated heterocycles. The first-order valence-corrected chi connectivity index (χ1v) is 9.72. The number of carbonyl (C=O) groups is 2. The lowest BCUT2D eigenvalue weighted by Crippen LogP contribution is -2.42. The normalized spacial score (nSPS) is 14.0. The van der Waals surface area contributed by atoms with Crippen molar-refractivity contribution in [2.75, 3.05) is 12.4 Å². The zero-order chi connectivity index (χ0) is 20.6. The van der Waals surface area contributed by atoms with Gasteiger partial charge in [0.25, 0.3) is 0 Å². The van der Waals surface area contributed by atoms with Gasteiger partial charge in [-0.05, 0) is 37.5 Å². The molecule has 3 rings (SSSR count). The van der Waals surface area contributed by atoms with E-state index >= 15 is 0 Å². The van der Waals surface area contributed by atoms with Gasteiger partial charge in [-0.3, -0.25) is 9.59 Å². The second-order valence-electron chi connectivity index (χ2n) is 7.02. The summed E-state index contributed by atoms with van der Waals surface area (Å²) in [6, 6.07) is 13.5. The van der Waals surface area contributed by atoms with Gasteiger partial charge in [-0.25, -0.2) is 5.43 Å². The third-order valence-electron chi connectivity index (χ3n) is 4.95. The van der Waals surface area contributed by atoms with E-state index in [0.717, 1.165) is 42.6 Å². The molecule has 2 aromatic rings. The van der Waals surface area contributed by atoms with Crippen LogP contribution in [0.5, 0.6) is 5.75 Å². The number of aryl methyl sites for hydroxylation is 1. The van der Waals surface area contributed by atoms with Crippen molar-refractivity contribution in [1.82, 2.24) is 10.7 Å². The van der Waals surface area contributed by atoms with E-state index in [4.69, 9.17) is 4.74 Å². The van der Waals surface area contributed by atoms with Crippen molar-refractivity contribution in [3.8, 4) is 5.75 Å². The summed E-state index contributed by atoms with van der Waals surface area (Å²) in [5.74, 6) is -0.787. The van der Waals surface area contributed by atoms with E-state index in [9.17, 15) is 9.59 Å². The summed E-state index contributed by atoms with van der Waals surface area (Å²) in [6.45, 7) is 2.01. The van der Waals surface area contributed by atoms with Crippen LogP contribution in [0.15, 0.2) is 47.6 Å². The second-order valence-corrected chi connectivity index (χ2v) is 7.02.